The lowest BCUT2D eigenvalue weighted by atomic mass is 9.86. The predicted molar refractivity (Wildman–Crippen MR) is 173 cm³/mol. The Morgan fingerprint density at radius 2 is 1.10 bits per heavy atom. The summed E-state index contributed by atoms with van der Waals surface area (Å²) < 4.78 is 38.3. The van der Waals surface area contributed by atoms with Crippen LogP contribution in [0.25, 0.3) is 0 Å². The van der Waals surface area contributed by atoms with Crippen LogP contribution in [0.1, 0.15) is 86.6 Å². The molecular weight excluding hydrogens is 534 g/mol. The van der Waals surface area contributed by atoms with Gasteiger partial charge in [-0.25, -0.2) is 8.42 Å². The predicted octanol–water partition coefficient (Wildman–Crippen LogP) is 8.41. The number of aromatic nitrogens is 1. The van der Waals surface area contributed by atoms with E-state index in [2.05, 4.69) is 73.4 Å². The lowest BCUT2D eigenvalue weighted by Gasteiger charge is -2.22. The van der Waals surface area contributed by atoms with Crippen molar-refractivity contribution in [1.82, 2.24) is 4.98 Å². The van der Waals surface area contributed by atoms with Gasteiger partial charge in [0.15, 0.2) is 21.3 Å². The smallest absolute Gasteiger partial charge is 0.203 e. The van der Waals surface area contributed by atoms with Crippen molar-refractivity contribution in [2.24, 2.45) is 0 Å². The lowest BCUT2D eigenvalue weighted by Crippen LogP contribution is -2.12. The second-order valence-electron chi connectivity index (χ2n) is 12.7. The summed E-state index contributed by atoms with van der Waals surface area (Å²) in [7, 11) is 1.80. The monoisotopic (exact) mass is 587 g/mol. The molecule has 0 aliphatic heterocycles. The molecule has 0 bridgehead atoms. The van der Waals surface area contributed by atoms with E-state index in [1.54, 1.807) is 33.5 Å². The molecule has 0 saturated heterocycles. The van der Waals surface area contributed by atoms with Crippen LogP contribution in [-0.4, -0.2) is 41.0 Å². The summed E-state index contributed by atoms with van der Waals surface area (Å²) in [5, 5.41) is 0. The van der Waals surface area contributed by atoms with Crippen molar-refractivity contribution >= 4 is 9.84 Å². The second kappa shape index (κ2) is 15.2. The zero-order valence-electron chi connectivity index (χ0n) is 26.7. The molecule has 3 rings (SSSR count). The number of ether oxygens (including phenoxy) is 3. The maximum atomic E-state index is 11.2. The maximum absolute atomic E-state index is 11.2. The van der Waals surface area contributed by atoms with Crippen LogP contribution in [0.2, 0.25) is 0 Å². The first kappa shape index (κ1) is 37.9. The third-order valence-corrected chi connectivity index (χ3v) is 7.24. The molecular formula is C34H53NO5S. The van der Waals surface area contributed by atoms with Crippen LogP contribution in [0.15, 0.2) is 65.7 Å². The van der Waals surface area contributed by atoms with E-state index in [-0.39, 0.29) is 23.7 Å². The normalized spacial score (nSPS) is 11.5. The summed E-state index contributed by atoms with van der Waals surface area (Å²) in [6.07, 6.45) is 3.06. The van der Waals surface area contributed by atoms with Gasteiger partial charge in [0, 0.05) is 23.6 Å². The lowest BCUT2D eigenvalue weighted by molar-refractivity contribution is 0.322. The van der Waals surface area contributed by atoms with E-state index >= 15 is 0 Å². The minimum absolute atomic E-state index is 0. The van der Waals surface area contributed by atoms with Gasteiger partial charge in [0.2, 0.25) is 5.75 Å². The second-order valence-corrected chi connectivity index (χ2v) is 14.7. The van der Waals surface area contributed by atoms with Gasteiger partial charge in [0.1, 0.15) is 0 Å². The topological polar surface area (TPSA) is 74.7 Å². The highest BCUT2D eigenvalue weighted by Gasteiger charge is 2.20. The van der Waals surface area contributed by atoms with Crippen LogP contribution in [-0.2, 0) is 26.1 Å². The highest BCUT2D eigenvalue weighted by Crippen LogP contribution is 2.41. The van der Waals surface area contributed by atoms with E-state index in [1.807, 2.05) is 42.6 Å². The zero-order chi connectivity index (χ0) is 30.9. The Kier molecular flexibility index (Phi) is 14.1. The Bertz CT molecular complexity index is 1270. The molecule has 41 heavy (non-hydrogen) atoms. The van der Waals surface area contributed by atoms with Crippen LogP contribution in [0.3, 0.4) is 0 Å². The number of hydrogen-bond donors (Lipinski definition) is 0. The Hall–Kier alpha value is -3.06. The van der Waals surface area contributed by atoms with Crippen LogP contribution in [0.4, 0.5) is 0 Å². The molecule has 0 saturated carbocycles. The van der Waals surface area contributed by atoms with Crippen LogP contribution >= 0.6 is 0 Å². The Morgan fingerprint density at radius 1 is 0.634 bits per heavy atom. The molecule has 2 aromatic carbocycles. The highest BCUT2D eigenvalue weighted by atomic mass is 32.2. The summed E-state index contributed by atoms with van der Waals surface area (Å²) in [6.45, 7) is 19.2. The van der Waals surface area contributed by atoms with Gasteiger partial charge in [0.25, 0.3) is 0 Å². The quantitative estimate of drug-likeness (QED) is 0.305. The molecule has 1 aromatic heterocycles. The number of benzene rings is 2. The van der Waals surface area contributed by atoms with Crippen molar-refractivity contribution < 1.29 is 22.6 Å². The summed E-state index contributed by atoms with van der Waals surface area (Å²) >= 11 is 0. The molecule has 0 N–H and O–H groups in total. The van der Waals surface area contributed by atoms with Crippen molar-refractivity contribution in [3.63, 3.8) is 0 Å². The Balaban J connectivity index is 0.000000592. The van der Waals surface area contributed by atoms with Gasteiger partial charge in [-0.1, -0.05) is 87.9 Å². The van der Waals surface area contributed by atoms with Crippen molar-refractivity contribution in [3.8, 4) is 17.2 Å². The molecule has 0 atom stereocenters. The first-order chi connectivity index (χ1) is 18.2. The van der Waals surface area contributed by atoms with Crippen LogP contribution < -0.4 is 14.2 Å². The first-order valence-electron chi connectivity index (χ1n) is 13.3. The summed E-state index contributed by atoms with van der Waals surface area (Å²) in [5.74, 6) is 2.04. The van der Waals surface area contributed by atoms with Crippen molar-refractivity contribution in [3.05, 3.63) is 77.6 Å². The highest BCUT2D eigenvalue weighted by molar-refractivity contribution is 7.90. The van der Waals surface area contributed by atoms with Crippen LogP contribution in [0.5, 0.6) is 17.2 Å². The van der Waals surface area contributed by atoms with E-state index in [0.717, 1.165) is 16.8 Å². The van der Waals surface area contributed by atoms with Gasteiger partial charge in [-0.3, -0.25) is 4.98 Å². The Morgan fingerprint density at radius 3 is 1.37 bits per heavy atom. The van der Waals surface area contributed by atoms with Gasteiger partial charge >= 0.3 is 0 Å². The van der Waals surface area contributed by atoms with Crippen molar-refractivity contribution in [2.45, 2.75) is 90.9 Å². The fourth-order valence-electron chi connectivity index (χ4n) is 3.52. The molecule has 0 spiro atoms. The maximum Gasteiger partial charge on any atom is 0.203 e. The number of nitrogens with zero attached hydrogens (tertiary/aromatic N) is 1. The fraction of sp³-hybridized carbons (Fsp3) is 0.500. The average Bonchev–Trinajstić information content (AvgIpc) is 2.87. The van der Waals surface area contributed by atoms with E-state index in [4.69, 9.17) is 14.2 Å². The van der Waals surface area contributed by atoms with Crippen LogP contribution in [0, 0.1) is 0 Å². The number of rotatable bonds is 4. The third-order valence-electron chi connectivity index (χ3n) is 6.11. The molecule has 0 unspecified atom stereocenters. The molecule has 0 fully saturated rings. The molecule has 0 aliphatic rings. The molecule has 6 nitrogen and oxygen atoms in total. The Labute approximate surface area is 250 Å². The van der Waals surface area contributed by atoms with Crippen molar-refractivity contribution in [2.75, 3.05) is 27.6 Å². The number of pyridine rings is 1. The third kappa shape index (κ3) is 12.1. The molecule has 0 aliphatic carbocycles. The van der Waals surface area contributed by atoms with E-state index < -0.39 is 9.84 Å². The molecule has 230 valence electrons. The van der Waals surface area contributed by atoms with Gasteiger partial charge < -0.3 is 14.2 Å². The number of hydrogen-bond acceptors (Lipinski definition) is 6. The zero-order valence-corrected chi connectivity index (χ0v) is 27.5. The van der Waals surface area contributed by atoms with E-state index in [9.17, 15) is 8.42 Å². The fourth-order valence-corrected chi connectivity index (χ4v) is 4.15. The minimum atomic E-state index is -3.07. The average molecular weight is 588 g/mol. The molecule has 3 aromatic rings. The largest absolute Gasteiger partial charge is 0.493 e. The van der Waals surface area contributed by atoms with Gasteiger partial charge in [-0.2, -0.15) is 0 Å². The van der Waals surface area contributed by atoms with E-state index in [0.29, 0.717) is 22.1 Å². The van der Waals surface area contributed by atoms with E-state index in [1.165, 1.54) is 6.26 Å². The standard InChI is InChI=1S/C13H20O3.C11H16O2S.C9H13N.CH4/c1-13(2,3)9-7-10(14-4)12(16-6)11(8-9)15-5;1-11(2,3)9-5-7-10(8-6-9)14(4,12)13;1-9(2,3)8-6-4-5-7-10-8;/h7-8H,1-6H3;5-8H,1-4H3;4-7H,1-3H3;1H4. The van der Waals surface area contributed by atoms with Gasteiger partial charge in [0.05, 0.1) is 26.2 Å². The van der Waals surface area contributed by atoms with Gasteiger partial charge in [-0.15, -0.1) is 0 Å². The number of sulfone groups is 1. The molecule has 0 radical (unpaired) electrons. The first-order valence-corrected chi connectivity index (χ1v) is 15.2. The molecule has 0 amide bonds. The summed E-state index contributed by atoms with van der Waals surface area (Å²) in [4.78, 5) is 4.63. The SMILES string of the molecule is C.CC(C)(C)c1ccc(S(C)(=O)=O)cc1.CC(C)(C)c1ccccn1.COc1cc(C(C)(C)C)cc(OC)c1OC. The van der Waals surface area contributed by atoms with Crippen molar-refractivity contribution in [1.29, 1.82) is 0 Å². The summed E-state index contributed by atoms with van der Waals surface area (Å²) in [5.41, 5.74) is 3.74. The molecule has 7 heteroatoms. The number of methoxy groups -OCH3 is 3. The minimum Gasteiger partial charge on any atom is -0.493 e. The molecule has 1 heterocycles. The summed E-state index contributed by atoms with van der Waals surface area (Å²) in [6, 6.07) is 17.1. The van der Waals surface area contributed by atoms with Gasteiger partial charge in [-0.05, 0) is 58.4 Å².